The summed E-state index contributed by atoms with van der Waals surface area (Å²) in [5.74, 6) is -2.38. The number of nitrogens with one attached hydrogen (secondary N) is 1. The summed E-state index contributed by atoms with van der Waals surface area (Å²) in [7, 11) is 0. The molecule has 4 nitrogen and oxygen atoms in total. The second-order valence-corrected chi connectivity index (χ2v) is 5.33. The van der Waals surface area contributed by atoms with Crippen LogP contribution in [-0.2, 0) is 0 Å². The van der Waals surface area contributed by atoms with Crippen LogP contribution in [0.1, 0.15) is 26.3 Å². The van der Waals surface area contributed by atoms with Crippen LogP contribution in [-0.4, -0.2) is 17.0 Å². The molecule has 0 aliphatic carbocycles. The van der Waals surface area contributed by atoms with Gasteiger partial charge in [-0.15, -0.1) is 0 Å². The fraction of sp³-hybridized carbons (Fsp3) is 0.0667. The van der Waals surface area contributed by atoms with Crippen molar-refractivity contribution in [1.29, 1.82) is 0 Å². The second kappa shape index (κ2) is 6.05. The molecule has 0 bridgehead atoms. The second-order valence-electron chi connectivity index (χ2n) is 4.41. The topological polar surface area (TPSA) is 66.4 Å². The number of benzene rings is 2. The Morgan fingerprint density at radius 3 is 2.48 bits per heavy atom. The molecular weight excluding hydrogens is 341 g/mol. The summed E-state index contributed by atoms with van der Waals surface area (Å²) >= 11 is 3.11. The van der Waals surface area contributed by atoms with E-state index in [2.05, 4.69) is 21.2 Å². The van der Waals surface area contributed by atoms with Gasteiger partial charge in [0.2, 0.25) is 0 Å². The minimum atomic E-state index is -1.08. The van der Waals surface area contributed by atoms with Gasteiger partial charge in [0.1, 0.15) is 5.82 Å². The summed E-state index contributed by atoms with van der Waals surface area (Å²) in [5, 5.41) is 11.5. The largest absolute Gasteiger partial charge is 0.478 e. The van der Waals surface area contributed by atoms with Crippen LogP contribution >= 0.6 is 15.9 Å². The van der Waals surface area contributed by atoms with Gasteiger partial charge >= 0.3 is 5.97 Å². The molecule has 6 heteroatoms. The van der Waals surface area contributed by atoms with Crippen molar-refractivity contribution in [3.63, 3.8) is 0 Å². The van der Waals surface area contributed by atoms with Gasteiger partial charge in [-0.1, -0.05) is 22.0 Å². The first-order valence-corrected chi connectivity index (χ1v) is 6.78. The van der Waals surface area contributed by atoms with E-state index in [4.69, 9.17) is 5.11 Å². The van der Waals surface area contributed by atoms with Crippen molar-refractivity contribution < 1.29 is 19.1 Å². The van der Waals surface area contributed by atoms with Crippen LogP contribution in [0.25, 0.3) is 0 Å². The molecule has 0 aliphatic rings. The molecule has 0 unspecified atom stereocenters. The van der Waals surface area contributed by atoms with E-state index in [9.17, 15) is 14.0 Å². The number of amides is 1. The van der Waals surface area contributed by atoms with Crippen molar-refractivity contribution in [2.24, 2.45) is 0 Å². The maximum absolute atomic E-state index is 13.7. The monoisotopic (exact) mass is 351 g/mol. The molecule has 0 heterocycles. The van der Waals surface area contributed by atoms with E-state index in [0.717, 1.165) is 0 Å². The first-order valence-electron chi connectivity index (χ1n) is 5.99. The predicted molar refractivity (Wildman–Crippen MR) is 80.2 cm³/mol. The van der Waals surface area contributed by atoms with Gasteiger partial charge in [0.05, 0.1) is 11.1 Å². The number of rotatable bonds is 3. The van der Waals surface area contributed by atoms with E-state index in [0.29, 0.717) is 15.7 Å². The summed E-state index contributed by atoms with van der Waals surface area (Å²) in [6.07, 6.45) is 0. The van der Waals surface area contributed by atoms with E-state index in [1.165, 1.54) is 18.2 Å². The minimum Gasteiger partial charge on any atom is -0.478 e. The quantitative estimate of drug-likeness (QED) is 0.882. The first-order chi connectivity index (χ1) is 9.88. The van der Waals surface area contributed by atoms with Gasteiger partial charge < -0.3 is 10.4 Å². The highest BCUT2D eigenvalue weighted by atomic mass is 79.9. The van der Waals surface area contributed by atoms with Crippen LogP contribution in [0.15, 0.2) is 40.9 Å². The fourth-order valence-electron chi connectivity index (χ4n) is 1.80. The van der Waals surface area contributed by atoms with Gasteiger partial charge in [-0.25, -0.2) is 9.18 Å². The molecule has 2 aromatic rings. The molecular formula is C15H11BrFNO3. The lowest BCUT2D eigenvalue weighted by molar-refractivity contribution is 0.0695. The zero-order valence-electron chi connectivity index (χ0n) is 11.0. The number of carbonyl (C=O) groups is 2. The van der Waals surface area contributed by atoms with Gasteiger partial charge in [-0.05, 0) is 42.8 Å². The number of aryl methyl sites for hydroxylation is 1. The van der Waals surface area contributed by atoms with E-state index in [1.807, 2.05) is 0 Å². The Hall–Kier alpha value is -2.21. The number of halogens is 2. The number of carboxylic acid groups (broad SMARTS) is 1. The number of anilines is 1. The van der Waals surface area contributed by atoms with Crippen LogP contribution < -0.4 is 5.32 Å². The van der Waals surface area contributed by atoms with E-state index < -0.39 is 17.7 Å². The standard InChI is InChI=1S/C15H11BrFNO3/c1-8-2-4-10(7-12(8)15(20)21)18-14(19)11-5-3-9(16)6-13(11)17/h2-7H,1H3,(H,18,19)(H,20,21). The van der Waals surface area contributed by atoms with Crippen molar-refractivity contribution >= 4 is 33.5 Å². The molecule has 0 fully saturated rings. The van der Waals surface area contributed by atoms with Gasteiger partial charge in [-0.2, -0.15) is 0 Å². The van der Waals surface area contributed by atoms with Crippen molar-refractivity contribution in [3.05, 3.63) is 63.4 Å². The maximum atomic E-state index is 13.7. The van der Waals surface area contributed by atoms with Crippen molar-refractivity contribution in [2.75, 3.05) is 5.32 Å². The summed E-state index contributed by atoms with van der Waals surface area (Å²) < 4.78 is 14.2. The highest BCUT2D eigenvalue weighted by Gasteiger charge is 2.14. The summed E-state index contributed by atoms with van der Waals surface area (Å²) in [4.78, 5) is 23.0. The van der Waals surface area contributed by atoms with Crippen LogP contribution in [0.2, 0.25) is 0 Å². The third kappa shape index (κ3) is 3.46. The van der Waals surface area contributed by atoms with E-state index in [1.54, 1.807) is 25.1 Å². The number of hydrogen-bond acceptors (Lipinski definition) is 2. The highest BCUT2D eigenvalue weighted by Crippen LogP contribution is 2.19. The summed E-state index contributed by atoms with van der Waals surface area (Å²) in [6, 6.07) is 8.57. The Balaban J connectivity index is 2.27. The molecule has 21 heavy (non-hydrogen) atoms. The molecule has 2 rings (SSSR count). The average molecular weight is 352 g/mol. The Morgan fingerprint density at radius 1 is 1.14 bits per heavy atom. The first kappa shape index (κ1) is 15.2. The van der Waals surface area contributed by atoms with E-state index in [-0.39, 0.29) is 11.1 Å². The zero-order valence-corrected chi connectivity index (χ0v) is 12.6. The van der Waals surface area contributed by atoms with Crippen LogP contribution in [0, 0.1) is 12.7 Å². The zero-order chi connectivity index (χ0) is 15.6. The number of aromatic carboxylic acids is 1. The van der Waals surface area contributed by atoms with Gasteiger partial charge in [0, 0.05) is 10.2 Å². The summed E-state index contributed by atoms with van der Waals surface area (Å²) in [5.41, 5.74) is 0.848. The molecule has 0 saturated heterocycles. The third-order valence-electron chi connectivity index (χ3n) is 2.90. The molecule has 0 atom stereocenters. The van der Waals surface area contributed by atoms with E-state index >= 15 is 0 Å². The lowest BCUT2D eigenvalue weighted by Crippen LogP contribution is -2.14. The lowest BCUT2D eigenvalue weighted by atomic mass is 10.1. The predicted octanol–water partition coefficient (Wildman–Crippen LogP) is 3.85. The molecule has 2 N–H and O–H groups in total. The molecule has 0 aliphatic heterocycles. The molecule has 1 amide bonds. The Morgan fingerprint density at radius 2 is 1.86 bits per heavy atom. The fourth-order valence-corrected chi connectivity index (χ4v) is 2.14. The number of hydrogen-bond donors (Lipinski definition) is 2. The average Bonchev–Trinajstić information content (AvgIpc) is 2.40. The molecule has 0 spiro atoms. The number of carbonyl (C=O) groups excluding carboxylic acids is 1. The Bertz CT molecular complexity index is 731. The van der Waals surface area contributed by atoms with Crippen LogP contribution in [0.5, 0.6) is 0 Å². The minimum absolute atomic E-state index is 0.0871. The smallest absolute Gasteiger partial charge is 0.336 e. The SMILES string of the molecule is Cc1ccc(NC(=O)c2ccc(Br)cc2F)cc1C(=O)O. The summed E-state index contributed by atoms with van der Waals surface area (Å²) in [6.45, 7) is 1.66. The van der Waals surface area contributed by atoms with Crippen molar-refractivity contribution in [3.8, 4) is 0 Å². The lowest BCUT2D eigenvalue weighted by Gasteiger charge is -2.08. The molecule has 2 aromatic carbocycles. The van der Waals surface area contributed by atoms with Gasteiger partial charge in [-0.3, -0.25) is 4.79 Å². The Labute approximate surface area is 128 Å². The molecule has 108 valence electrons. The van der Waals surface area contributed by atoms with Crippen molar-refractivity contribution in [1.82, 2.24) is 0 Å². The van der Waals surface area contributed by atoms with Crippen LogP contribution in [0.4, 0.5) is 10.1 Å². The molecule has 0 saturated carbocycles. The van der Waals surface area contributed by atoms with Crippen LogP contribution in [0.3, 0.4) is 0 Å². The molecule has 0 aromatic heterocycles. The van der Waals surface area contributed by atoms with Crippen molar-refractivity contribution in [2.45, 2.75) is 6.92 Å². The normalized spacial score (nSPS) is 10.2. The molecule has 0 radical (unpaired) electrons. The highest BCUT2D eigenvalue weighted by molar-refractivity contribution is 9.10. The Kier molecular flexibility index (Phi) is 4.37. The maximum Gasteiger partial charge on any atom is 0.336 e. The third-order valence-corrected chi connectivity index (χ3v) is 3.39. The number of carboxylic acids is 1. The van der Waals surface area contributed by atoms with Gasteiger partial charge in [0.15, 0.2) is 0 Å². The van der Waals surface area contributed by atoms with Gasteiger partial charge in [0.25, 0.3) is 5.91 Å².